The minimum atomic E-state index is 0.125. The molecule has 19 heavy (non-hydrogen) atoms. The number of hydrogen-bond acceptors (Lipinski definition) is 2. The van der Waals surface area contributed by atoms with Crippen LogP contribution >= 0.6 is 11.6 Å². The largest absolute Gasteiger partial charge is 0.497 e. The van der Waals surface area contributed by atoms with E-state index in [1.54, 1.807) is 7.11 Å². The highest BCUT2D eigenvalue weighted by Crippen LogP contribution is 2.24. The van der Waals surface area contributed by atoms with E-state index in [4.69, 9.17) is 16.3 Å². The predicted octanol–water partition coefficient (Wildman–Crippen LogP) is 3.32. The molecule has 1 aliphatic heterocycles. The molecule has 1 heterocycles. The smallest absolute Gasteiger partial charge is 0.254 e. The second-order valence-corrected chi connectivity index (χ2v) is 5.23. The average molecular weight is 282 g/mol. The molecule has 3 nitrogen and oxygen atoms in total. The molecule has 1 aliphatic rings. The third kappa shape index (κ3) is 3.41. The number of nitrogens with zero attached hydrogens (tertiary/aromatic N) is 1. The van der Waals surface area contributed by atoms with E-state index >= 15 is 0 Å². The second-order valence-electron chi connectivity index (χ2n) is 4.85. The molecule has 1 aromatic rings. The predicted molar refractivity (Wildman–Crippen MR) is 77.0 cm³/mol. The maximum atomic E-state index is 12.5. The van der Waals surface area contributed by atoms with Crippen LogP contribution in [0, 0.1) is 0 Å². The second kappa shape index (κ2) is 6.80. The zero-order valence-electron chi connectivity index (χ0n) is 11.3. The first-order valence-corrected chi connectivity index (χ1v) is 7.30. The minimum Gasteiger partial charge on any atom is -0.497 e. The van der Waals surface area contributed by atoms with E-state index < -0.39 is 0 Å². The molecule has 104 valence electrons. The molecule has 0 bridgehead atoms. The van der Waals surface area contributed by atoms with Crippen molar-refractivity contribution in [2.75, 3.05) is 19.5 Å². The maximum absolute atomic E-state index is 12.5. The normalized spacial score (nSPS) is 18.6. The van der Waals surface area contributed by atoms with Gasteiger partial charge in [-0.25, -0.2) is 0 Å². The van der Waals surface area contributed by atoms with Crippen LogP contribution in [-0.4, -0.2) is 36.4 Å². The molecule has 0 aliphatic carbocycles. The molecule has 0 spiro atoms. The van der Waals surface area contributed by atoms with Crippen LogP contribution in [0.5, 0.6) is 5.75 Å². The van der Waals surface area contributed by atoms with Gasteiger partial charge in [0.2, 0.25) is 0 Å². The summed E-state index contributed by atoms with van der Waals surface area (Å²) in [4.78, 5) is 14.5. The molecular formula is C15H20ClNO2. The molecule has 1 amide bonds. The van der Waals surface area contributed by atoms with Gasteiger partial charge in [-0.2, -0.15) is 0 Å². The molecule has 1 saturated heterocycles. The van der Waals surface area contributed by atoms with Crippen LogP contribution in [0.2, 0.25) is 0 Å². The van der Waals surface area contributed by atoms with Crippen molar-refractivity contribution in [3.05, 3.63) is 29.8 Å². The Morgan fingerprint density at radius 2 is 2.16 bits per heavy atom. The van der Waals surface area contributed by atoms with Crippen LogP contribution in [0.1, 0.15) is 36.0 Å². The Kier molecular flexibility index (Phi) is 5.08. The summed E-state index contributed by atoms with van der Waals surface area (Å²) in [6.45, 7) is 0.859. The van der Waals surface area contributed by atoms with Crippen molar-refractivity contribution in [1.82, 2.24) is 4.90 Å². The van der Waals surface area contributed by atoms with Crippen LogP contribution in [-0.2, 0) is 0 Å². The number of alkyl halides is 1. The summed E-state index contributed by atoms with van der Waals surface area (Å²) in [6, 6.07) is 7.68. The summed E-state index contributed by atoms with van der Waals surface area (Å²) >= 11 is 5.74. The molecule has 4 heteroatoms. The van der Waals surface area contributed by atoms with Gasteiger partial charge < -0.3 is 9.64 Å². The van der Waals surface area contributed by atoms with Gasteiger partial charge in [-0.15, -0.1) is 11.6 Å². The molecular weight excluding hydrogens is 262 g/mol. The van der Waals surface area contributed by atoms with E-state index in [1.807, 2.05) is 29.2 Å². The Balaban J connectivity index is 2.04. The van der Waals surface area contributed by atoms with Crippen molar-refractivity contribution >= 4 is 17.5 Å². The molecule has 0 aromatic heterocycles. The van der Waals surface area contributed by atoms with Gasteiger partial charge in [-0.3, -0.25) is 4.79 Å². The molecule has 1 aromatic carbocycles. The first-order valence-electron chi connectivity index (χ1n) is 6.77. The van der Waals surface area contributed by atoms with E-state index in [9.17, 15) is 4.79 Å². The van der Waals surface area contributed by atoms with Gasteiger partial charge in [0, 0.05) is 24.0 Å². The van der Waals surface area contributed by atoms with Crippen molar-refractivity contribution < 1.29 is 9.53 Å². The fourth-order valence-electron chi connectivity index (χ4n) is 2.62. The number of amides is 1. The van der Waals surface area contributed by atoms with Crippen LogP contribution in [0.4, 0.5) is 0 Å². The number of carbonyl (C=O) groups is 1. The Labute approximate surface area is 119 Å². The van der Waals surface area contributed by atoms with Crippen molar-refractivity contribution in [1.29, 1.82) is 0 Å². The van der Waals surface area contributed by atoms with Crippen molar-refractivity contribution in [2.24, 2.45) is 0 Å². The molecule has 0 N–H and O–H groups in total. The monoisotopic (exact) mass is 281 g/mol. The molecule has 1 fully saturated rings. The molecule has 0 radical (unpaired) electrons. The van der Waals surface area contributed by atoms with Gasteiger partial charge in [-0.1, -0.05) is 0 Å². The molecule has 2 rings (SSSR count). The van der Waals surface area contributed by atoms with Crippen LogP contribution in [0.15, 0.2) is 24.3 Å². The Morgan fingerprint density at radius 1 is 1.42 bits per heavy atom. The third-order valence-electron chi connectivity index (χ3n) is 3.65. The van der Waals surface area contributed by atoms with Gasteiger partial charge in [0.1, 0.15) is 5.75 Å². The zero-order chi connectivity index (χ0) is 13.7. The highest BCUT2D eigenvalue weighted by Gasteiger charge is 2.28. The van der Waals surface area contributed by atoms with Gasteiger partial charge >= 0.3 is 0 Å². The van der Waals surface area contributed by atoms with Gasteiger partial charge in [-0.05, 0) is 49.9 Å². The van der Waals surface area contributed by atoms with Gasteiger partial charge in [0.15, 0.2) is 0 Å². The number of hydrogen-bond donors (Lipinski definition) is 0. The molecule has 1 atom stereocenters. The molecule has 1 unspecified atom stereocenters. The van der Waals surface area contributed by atoms with Crippen LogP contribution in [0.3, 0.4) is 0 Å². The highest BCUT2D eigenvalue weighted by molar-refractivity contribution is 6.17. The van der Waals surface area contributed by atoms with E-state index in [2.05, 4.69) is 0 Å². The fraction of sp³-hybridized carbons (Fsp3) is 0.533. The number of ether oxygens (including phenoxy) is 1. The average Bonchev–Trinajstić information content (AvgIpc) is 2.92. The number of methoxy groups -OCH3 is 1. The van der Waals surface area contributed by atoms with E-state index in [0.717, 1.165) is 43.5 Å². The number of carbonyl (C=O) groups excluding carboxylic acids is 1. The standard InChI is InChI=1S/C15H20ClNO2/c1-19-14-8-6-12(7-9-14)15(18)17-11-3-5-13(17)4-2-10-16/h6-9,13H,2-5,10-11H2,1H3. The lowest BCUT2D eigenvalue weighted by Gasteiger charge is -2.24. The first-order chi connectivity index (χ1) is 9.26. The summed E-state index contributed by atoms with van der Waals surface area (Å²) in [5.41, 5.74) is 0.735. The van der Waals surface area contributed by atoms with Crippen molar-refractivity contribution in [3.63, 3.8) is 0 Å². The summed E-state index contributed by atoms with van der Waals surface area (Å²) in [5.74, 6) is 1.57. The summed E-state index contributed by atoms with van der Waals surface area (Å²) in [5, 5.41) is 0. The zero-order valence-corrected chi connectivity index (χ0v) is 12.0. The van der Waals surface area contributed by atoms with Crippen molar-refractivity contribution in [2.45, 2.75) is 31.7 Å². The Bertz CT molecular complexity index is 419. The lowest BCUT2D eigenvalue weighted by molar-refractivity contribution is 0.0730. The number of rotatable bonds is 5. The quantitative estimate of drug-likeness (QED) is 0.775. The summed E-state index contributed by atoms with van der Waals surface area (Å²) in [6.07, 6.45) is 4.16. The SMILES string of the molecule is COc1ccc(C(=O)N2CCCC2CCCCl)cc1. The Morgan fingerprint density at radius 3 is 2.79 bits per heavy atom. The van der Waals surface area contributed by atoms with E-state index in [0.29, 0.717) is 11.9 Å². The van der Waals surface area contributed by atoms with Crippen LogP contribution in [0.25, 0.3) is 0 Å². The number of halogens is 1. The lowest BCUT2D eigenvalue weighted by atomic mass is 10.1. The number of likely N-dealkylation sites (tertiary alicyclic amines) is 1. The topological polar surface area (TPSA) is 29.5 Å². The lowest BCUT2D eigenvalue weighted by Crippen LogP contribution is -2.35. The minimum absolute atomic E-state index is 0.125. The molecule has 0 saturated carbocycles. The van der Waals surface area contributed by atoms with E-state index in [1.165, 1.54) is 0 Å². The van der Waals surface area contributed by atoms with Crippen LogP contribution < -0.4 is 4.74 Å². The van der Waals surface area contributed by atoms with Gasteiger partial charge in [0.05, 0.1) is 7.11 Å². The third-order valence-corrected chi connectivity index (χ3v) is 3.91. The summed E-state index contributed by atoms with van der Waals surface area (Å²) < 4.78 is 5.11. The maximum Gasteiger partial charge on any atom is 0.254 e. The highest BCUT2D eigenvalue weighted by atomic mass is 35.5. The number of benzene rings is 1. The first kappa shape index (κ1) is 14.2. The Hall–Kier alpha value is -1.22. The van der Waals surface area contributed by atoms with E-state index in [-0.39, 0.29) is 5.91 Å². The summed E-state index contributed by atoms with van der Waals surface area (Å²) in [7, 11) is 1.62. The van der Waals surface area contributed by atoms with Gasteiger partial charge in [0.25, 0.3) is 5.91 Å². The fourth-order valence-corrected chi connectivity index (χ4v) is 2.77. The van der Waals surface area contributed by atoms with Crippen molar-refractivity contribution in [3.8, 4) is 5.75 Å².